The summed E-state index contributed by atoms with van der Waals surface area (Å²) < 4.78 is 60.2. The quantitative estimate of drug-likeness (QED) is 0.0295. The Hall–Kier alpha value is -6.52. The Labute approximate surface area is 368 Å². The Bertz CT molecular complexity index is 1400. The van der Waals surface area contributed by atoms with E-state index in [0.717, 1.165) is 27.7 Å². The highest BCUT2D eigenvalue weighted by Gasteiger charge is 2.41. The Kier molecular flexibility index (Phi) is 29.0. The predicted molar refractivity (Wildman–Crippen MR) is 201 cm³/mol. The molecule has 0 aliphatic rings. The van der Waals surface area contributed by atoms with Crippen LogP contribution in [-0.4, -0.2) is 196 Å². The predicted octanol–water partition coefficient (Wildman–Crippen LogP) is -2.16. The SMILES string of the molecule is CC(OC(=O)COCCC(=O)O)C(=O)OCC(COC(=O)C(C)OC(=O)COCCC(=O)O)(COC(=O)C(C)OC(=O)COCCC(=O)O)COC(=O)C(C)OC(=O)COCCC(=O)O. The van der Waals surface area contributed by atoms with Gasteiger partial charge in [-0.15, -0.1) is 0 Å². The van der Waals surface area contributed by atoms with Gasteiger partial charge in [-0.2, -0.15) is 0 Å². The monoisotopic (exact) mass is 944 g/mol. The Morgan fingerprint density at radius 1 is 0.354 bits per heavy atom. The minimum atomic E-state index is -2.17. The highest BCUT2D eigenvalue weighted by Crippen LogP contribution is 2.23. The van der Waals surface area contributed by atoms with Crippen LogP contribution >= 0.6 is 0 Å². The number of aliphatic carboxylic acids is 4. The molecule has 0 radical (unpaired) electrons. The zero-order valence-corrected chi connectivity index (χ0v) is 35.7. The van der Waals surface area contributed by atoms with Gasteiger partial charge in [0.2, 0.25) is 0 Å². The molecule has 0 aliphatic heterocycles. The van der Waals surface area contributed by atoms with Crippen molar-refractivity contribution >= 4 is 71.6 Å². The largest absolute Gasteiger partial charge is 0.481 e. The van der Waals surface area contributed by atoms with Crippen LogP contribution in [0.4, 0.5) is 0 Å². The standard InChI is InChI=1S/C37H52O28/c1-21(62-29(46)13-54-9-5-25(38)39)33(50)58-17-37(18-59-34(51)22(2)63-30(47)14-55-10-6-26(40)41,19-60-35(52)23(3)64-31(48)15-56-11-7-27(42)43)20-61-36(53)24(4)65-32(49)16-57-12-8-28(44)45/h21-24H,5-20H2,1-4H3,(H,38,39)(H,40,41)(H,42,43)(H,44,45). The maximum Gasteiger partial charge on any atom is 0.347 e. The lowest BCUT2D eigenvalue weighted by Gasteiger charge is -2.32. The van der Waals surface area contributed by atoms with Gasteiger partial charge in [-0.25, -0.2) is 38.4 Å². The van der Waals surface area contributed by atoms with E-state index in [1.165, 1.54) is 0 Å². The van der Waals surface area contributed by atoms with Crippen LogP contribution in [-0.2, 0) is 114 Å². The summed E-state index contributed by atoms with van der Waals surface area (Å²) >= 11 is 0. The first-order valence-electron chi connectivity index (χ1n) is 19.1. The van der Waals surface area contributed by atoms with Crippen molar-refractivity contribution in [2.45, 2.75) is 77.8 Å². The molecule has 28 heteroatoms. The molecular formula is C37H52O28. The lowest BCUT2D eigenvalue weighted by molar-refractivity contribution is -0.189. The van der Waals surface area contributed by atoms with Crippen molar-refractivity contribution in [2.75, 3.05) is 79.3 Å². The van der Waals surface area contributed by atoms with Crippen LogP contribution < -0.4 is 0 Å². The molecule has 4 atom stereocenters. The summed E-state index contributed by atoms with van der Waals surface area (Å²) in [5, 5.41) is 34.8. The number of hydrogen-bond acceptors (Lipinski definition) is 24. The van der Waals surface area contributed by atoms with Crippen molar-refractivity contribution in [2.24, 2.45) is 5.41 Å². The summed E-state index contributed by atoms with van der Waals surface area (Å²) in [5.41, 5.74) is -2.17. The van der Waals surface area contributed by atoms with Crippen molar-refractivity contribution in [3.63, 3.8) is 0 Å². The highest BCUT2D eigenvalue weighted by atomic mass is 16.6. The fourth-order valence-electron chi connectivity index (χ4n) is 3.99. The minimum Gasteiger partial charge on any atom is -0.481 e. The summed E-state index contributed by atoms with van der Waals surface area (Å²) in [6, 6.07) is 0. The molecule has 4 unspecified atom stereocenters. The third-order valence-electron chi connectivity index (χ3n) is 7.36. The molecule has 65 heavy (non-hydrogen) atoms. The molecule has 0 amide bonds. The lowest BCUT2D eigenvalue weighted by atomic mass is 9.92. The van der Waals surface area contributed by atoms with Gasteiger partial charge in [-0.05, 0) is 27.7 Å². The fourth-order valence-corrected chi connectivity index (χ4v) is 3.99. The number of carbonyl (C=O) groups excluding carboxylic acids is 8. The first-order chi connectivity index (χ1) is 30.5. The number of esters is 8. The number of hydrogen-bond donors (Lipinski definition) is 4. The van der Waals surface area contributed by atoms with Crippen molar-refractivity contribution < 1.29 is 135 Å². The number of carbonyl (C=O) groups is 12. The van der Waals surface area contributed by atoms with Crippen LogP contribution in [0.1, 0.15) is 53.4 Å². The summed E-state index contributed by atoms with van der Waals surface area (Å²) in [7, 11) is 0. The fraction of sp³-hybridized carbons (Fsp3) is 0.676. The molecule has 0 heterocycles. The second kappa shape index (κ2) is 32.2. The Morgan fingerprint density at radius 3 is 0.708 bits per heavy atom. The van der Waals surface area contributed by atoms with Gasteiger partial charge in [0.15, 0.2) is 24.4 Å². The summed E-state index contributed by atoms with van der Waals surface area (Å²) in [4.78, 5) is 144. The molecule has 0 aliphatic carbocycles. The van der Waals surface area contributed by atoms with Crippen LogP contribution in [0.2, 0.25) is 0 Å². The van der Waals surface area contributed by atoms with Crippen molar-refractivity contribution in [1.82, 2.24) is 0 Å². The van der Waals surface area contributed by atoms with E-state index < -0.39 is 180 Å². The lowest BCUT2D eigenvalue weighted by Crippen LogP contribution is -2.47. The third-order valence-corrected chi connectivity index (χ3v) is 7.36. The maximum absolute atomic E-state index is 13.0. The van der Waals surface area contributed by atoms with Gasteiger partial charge in [0, 0.05) is 0 Å². The van der Waals surface area contributed by atoms with Crippen LogP contribution in [0.25, 0.3) is 0 Å². The molecule has 368 valence electrons. The van der Waals surface area contributed by atoms with Crippen LogP contribution in [0.5, 0.6) is 0 Å². The van der Waals surface area contributed by atoms with E-state index in [9.17, 15) is 57.5 Å². The second-order valence-electron chi connectivity index (χ2n) is 13.2. The van der Waals surface area contributed by atoms with Crippen molar-refractivity contribution in [1.29, 1.82) is 0 Å². The smallest absolute Gasteiger partial charge is 0.347 e. The van der Waals surface area contributed by atoms with Crippen LogP contribution in [0.15, 0.2) is 0 Å². The zero-order chi connectivity index (χ0) is 49.5. The van der Waals surface area contributed by atoms with Gasteiger partial charge in [0.1, 0.15) is 58.3 Å². The number of rotatable bonds is 36. The second-order valence-corrected chi connectivity index (χ2v) is 13.2. The van der Waals surface area contributed by atoms with E-state index in [2.05, 4.69) is 0 Å². The maximum atomic E-state index is 13.0. The van der Waals surface area contributed by atoms with Gasteiger partial charge in [0.05, 0.1) is 52.1 Å². The average Bonchev–Trinajstić information content (AvgIpc) is 3.22. The molecule has 0 saturated carbocycles. The topological polar surface area (TPSA) is 397 Å². The zero-order valence-electron chi connectivity index (χ0n) is 35.7. The molecule has 4 N–H and O–H groups in total. The molecule has 0 aromatic heterocycles. The van der Waals surface area contributed by atoms with E-state index in [0.29, 0.717) is 0 Å². The van der Waals surface area contributed by atoms with Crippen molar-refractivity contribution in [3.8, 4) is 0 Å². The average molecular weight is 945 g/mol. The van der Waals surface area contributed by atoms with E-state index in [-0.39, 0.29) is 26.4 Å². The van der Waals surface area contributed by atoms with Crippen LogP contribution in [0, 0.1) is 5.41 Å². The van der Waals surface area contributed by atoms with Crippen LogP contribution in [0.3, 0.4) is 0 Å². The molecule has 0 bridgehead atoms. The van der Waals surface area contributed by atoms with E-state index in [1.54, 1.807) is 0 Å². The van der Waals surface area contributed by atoms with Gasteiger partial charge >= 0.3 is 71.6 Å². The molecule has 28 nitrogen and oxygen atoms in total. The summed E-state index contributed by atoms with van der Waals surface area (Å²) in [5.74, 6) is -14.7. The summed E-state index contributed by atoms with van der Waals surface area (Å²) in [6.45, 7) is -4.55. The van der Waals surface area contributed by atoms with Gasteiger partial charge in [0.25, 0.3) is 0 Å². The van der Waals surface area contributed by atoms with Gasteiger partial charge in [-0.1, -0.05) is 0 Å². The van der Waals surface area contributed by atoms with E-state index in [4.69, 9.17) is 77.3 Å². The summed E-state index contributed by atoms with van der Waals surface area (Å²) in [6.07, 6.45) is -8.64. The first-order valence-corrected chi connectivity index (χ1v) is 19.1. The molecule has 0 aromatic rings. The van der Waals surface area contributed by atoms with E-state index in [1.807, 2.05) is 0 Å². The van der Waals surface area contributed by atoms with Gasteiger partial charge < -0.3 is 77.3 Å². The number of ether oxygens (including phenoxy) is 12. The van der Waals surface area contributed by atoms with Gasteiger partial charge in [-0.3, -0.25) is 19.2 Å². The van der Waals surface area contributed by atoms with E-state index >= 15 is 0 Å². The minimum absolute atomic E-state index is 0.378. The molecular weight excluding hydrogens is 892 g/mol. The highest BCUT2D eigenvalue weighted by molar-refractivity contribution is 5.82. The van der Waals surface area contributed by atoms with Crippen molar-refractivity contribution in [3.05, 3.63) is 0 Å². The molecule has 0 fully saturated rings. The third kappa shape index (κ3) is 29.5. The first kappa shape index (κ1) is 58.5. The molecule has 0 spiro atoms. The molecule has 0 rings (SSSR count). The number of carboxylic acids is 4. The molecule has 0 aromatic carbocycles. The normalized spacial score (nSPS) is 13.5. The Morgan fingerprint density at radius 2 is 0.538 bits per heavy atom. The Balaban J connectivity index is 6.42. The molecule has 0 saturated heterocycles. The number of carboxylic acid groups (broad SMARTS) is 4.